The van der Waals surface area contributed by atoms with Crippen molar-refractivity contribution < 1.29 is 40.5 Å². The van der Waals surface area contributed by atoms with Crippen molar-refractivity contribution in [1.82, 2.24) is 0 Å². The van der Waals surface area contributed by atoms with Gasteiger partial charge in [-0.3, -0.25) is 0 Å². The second-order valence-electron chi connectivity index (χ2n) is 15.6. The van der Waals surface area contributed by atoms with Gasteiger partial charge in [0.15, 0.2) is 0 Å². The molecule has 0 aliphatic heterocycles. The van der Waals surface area contributed by atoms with Crippen molar-refractivity contribution in [2.75, 3.05) is 14.2 Å². The fourth-order valence-corrected chi connectivity index (χ4v) is 9.96. The number of sulfone groups is 1. The number of halogens is 3. The Morgan fingerprint density at radius 1 is 0.422 bits per heavy atom. The zero-order valence-corrected chi connectivity index (χ0v) is 35.8. The molecule has 64 heavy (non-hydrogen) atoms. The second-order valence-corrected chi connectivity index (χ2v) is 17.6. The lowest BCUT2D eigenvalue weighted by Gasteiger charge is -2.34. The average molecular weight is 875 g/mol. The van der Waals surface area contributed by atoms with Crippen LogP contribution in [-0.4, -0.2) is 28.8 Å². The third kappa shape index (κ3) is 7.23. The van der Waals surface area contributed by atoms with Gasteiger partial charge in [0.25, 0.3) is 0 Å². The van der Waals surface area contributed by atoms with E-state index in [-0.39, 0.29) is 26.7 Å². The maximum Gasteiger partial charge on any atom is 0.402 e. The molecule has 1 unspecified atom stereocenters. The molecule has 0 heterocycles. The van der Waals surface area contributed by atoms with Gasteiger partial charge in [0.05, 0.1) is 29.4 Å². The van der Waals surface area contributed by atoms with E-state index in [2.05, 4.69) is 72.8 Å². The number of fused-ring (bicyclic) bond motifs is 3. The van der Waals surface area contributed by atoms with Crippen molar-refractivity contribution in [3.8, 4) is 45.6 Å². The summed E-state index contributed by atoms with van der Waals surface area (Å²) in [5.74, 6) is 2.87. The van der Waals surface area contributed by atoms with Gasteiger partial charge in [-0.1, -0.05) is 97.1 Å². The first-order chi connectivity index (χ1) is 30.9. The number of rotatable bonds is 12. The summed E-state index contributed by atoms with van der Waals surface area (Å²) in [6.45, 7) is 1.14. The van der Waals surface area contributed by atoms with Gasteiger partial charge in [-0.15, -0.1) is 0 Å². The Kier molecular flexibility index (Phi) is 10.8. The second kappa shape index (κ2) is 16.4. The zero-order valence-electron chi connectivity index (χ0n) is 35.0. The molecule has 0 saturated carbocycles. The number of alkyl halides is 3. The molecule has 1 atom stereocenters. The minimum absolute atomic E-state index is 0.0317. The highest BCUT2D eigenvalue weighted by Crippen LogP contribution is 2.56. The molecule has 0 fully saturated rings. The molecule has 0 spiro atoms. The van der Waals surface area contributed by atoms with Gasteiger partial charge in [-0.05, 0) is 148 Å². The van der Waals surface area contributed by atoms with Crippen LogP contribution < -0.4 is 18.9 Å². The van der Waals surface area contributed by atoms with Crippen molar-refractivity contribution in [2.24, 2.45) is 0 Å². The molecule has 8 aromatic rings. The lowest BCUT2D eigenvalue weighted by Crippen LogP contribution is -2.40. The summed E-state index contributed by atoms with van der Waals surface area (Å²) in [5, 5.41) is 0. The van der Waals surface area contributed by atoms with Crippen LogP contribution in [0.3, 0.4) is 0 Å². The highest BCUT2D eigenvalue weighted by molar-refractivity contribution is 7.91. The van der Waals surface area contributed by atoms with E-state index in [1.54, 1.807) is 19.2 Å². The van der Waals surface area contributed by atoms with Gasteiger partial charge >= 0.3 is 6.18 Å². The Balaban J connectivity index is 0.903. The third-order valence-corrected chi connectivity index (χ3v) is 14.0. The normalized spacial score (nSPS) is 13.8. The average Bonchev–Trinajstić information content (AvgIpc) is 3.63. The van der Waals surface area contributed by atoms with E-state index in [1.165, 1.54) is 114 Å². The number of benzene rings is 8. The van der Waals surface area contributed by atoms with Crippen LogP contribution in [0.1, 0.15) is 40.3 Å². The first-order valence-electron chi connectivity index (χ1n) is 20.4. The molecule has 1 aliphatic rings. The Bertz CT molecular complexity index is 3000. The summed E-state index contributed by atoms with van der Waals surface area (Å²) in [7, 11) is -0.810. The van der Waals surface area contributed by atoms with Crippen LogP contribution in [0.2, 0.25) is 0 Å². The van der Waals surface area contributed by atoms with E-state index in [0.29, 0.717) is 23.0 Å². The zero-order chi connectivity index (χ0) is 44.7. The molecule has 9 rings (SSSR count). The lowest BCUT2D eigenvalue weighted by molar-refractivity contribution is -0.173. The topological polar surface area (TPSA) is 71.1 Å². The summed E-state index contributed by atoms with van der Waals surface area (Å²) in [6.07, 6.45) is -4.59. The van der Waals surface area contributed by atoms with Crippen LogP contribution in [0.15, 0.2) is 204 Å². The van der Waals surface area contributed by atoms with Gasteiger partial charge in [0.2, 0.25) is 9.84 Å². The molecule has 0 bridgehead atoms. The molecule has 0 aromatic heterocycles. The lowest BCUT2D eigenvalue weighted by atomic mass is 9.68. The van der Waals surface area contributed by atoms with E-state index in [4.69, 9.17) is 18.9 Å². The summed E-state index contributed by atoms with van der Waals surface area (Å²) in [4.78, 5) is 0.116. The highest BCUT2D eigenvalue weighted by atomic mass is 32.2. The van der Waals surface area contributed by atoms with E-state index in [9.17, 15) is 21.6 Å². The predicted octanol–water partition coefficient (Wildman–Crippen LogP) is 13.4. The van der Waals surface area contributed by atoms with Gasteiger partial charge in [-0.25, -0.2) is 8.42 Å². The smallest absolute Gasteiger partial charge is 0.402 e. The maximum atomic E-state index is 14.5. The molecule has 8 aromatic carbocycles. The van der Waals surface area contributed by atoms with E-state index >= 15 is 0 Å². The van der Waals surface area contributed by atoms with Gasteiger partial charge in [-0.2, -0.15) is 13.2 Å². The molecule has 320 valence electrons. The van der Waals surface area contributed by atoms with Crippen LogP contribution in [0, 0.1) is 0 Å². The Hall–Kier alpha value is -7.30. The highest BCUT2D eigenvalue weighted by Gasteiger charge is 2.53. The van der Waals surface area contributed by atoms with E-state index in [0.717, 1.165) is 23.8 Å². The maximum absolute atomic E-state index is 14.5. The van der Waals surface area contributed by atoms with Crippen LogP contribution in [-0.2, 0) is 20.7 Å². The molecular weight excluding hydrogens is 834 g/mol. The van der Waals surface area contributed by atoms with Gasteiger partial charge < -0.3 is 18.9 Å². The number of hydrogen-bond donors (Lipinski definition) is 0. The van der Waals surface area contributed by atoms with Crippen LogP contribution in [0.5, 0.6) is 34.5 Å². The van der Waals surface area contributed by atoms with Gasteiger partial charge in [0, 0.05) is 0 Å². The van der Waals surface area contributed by atoms with Crippen molar-refractivity contribution in [2.45, 2.75) is 33.7 Å². The number of ether oxygens (including phenoxy) is 4. The third-order valence-electron chi connectivity index (χ3n) is 12.2. The summed E-state index contributed by atoms with van der Waals surface area (Å²) >= 11 is 0. The van der Waals surface area contributed by atoms with Crippen molar-refractivity contribution >= 4 is 9.84 Å². The molecule has 0 radical (unpaired) electrons. The summed E-state index contributed by atoms with van der Waals surface area (Å²) in [5.41, 5.74) is 4.10. The van der Waals surface area contributed by atoms with Crippen molar-refractivity contribution in [1.29, 1.82) is 0 Å². The van der Waals surface area contributed by atoms with Crippen molar-refractivity contribution in [3.63, 3.8) is 0 Å². The first-order valence-corrected chi connectivity index (χ1v) is 21.9. The molecule has 0 N–H and O–H groups in total. The fraction of sp³-hybridized carbons (Fsp3) is 0.111. The monoisotopic (exact) mass is 874 g/mol. The largest absolute Gasteiger partial charge is 0.497 e. The number of hydrogen-bond acceptors (Lipinski definition) is 6. The summed E-state index contributed by atoms with van der Waals surface area (Å²) in [6, 6.07) is 56.8. The molecule has 6 nitrogen and oxygen atoms in total. The standard InChI is InChI=1S/C54H41F3O6S/c1-52(54(55,56)57,36-12-20-40(60-2)21-13-36)37-14-24-42(25-15-37)62-44-28-32-46(33-29-44)64(58,59)47-34-30-45(31-35-47)63-43-26-18-39(19-27-43)53(38-16-22-41(61-3)23-17-38)50-10-6-4-8-48(50)49-9-5-7-11-51(49)53/h4-35H,1-3H3. The minimum atomic E-state index is -4.59. The molecule has 10 heteroatoms. The van der Waals surface area contributed by atoms with E-state index in [1.807, 2.05) is 24.3 Å². The number of methoxy groups -OCH3 is 2. The fourth-order valence-electron chi connectivity index (χ4n) is 8.69. The minimum Gasteiger partial charge on any atom is -0.497 e. The Morgan fingerprint density at radius 2 is 0.734 bits per heavy atom. The van der Waals surface area contributed by atoms with Crippen LogP contribution in [0.25, 0.3) is 11.1 Å². The Morgan fingerprint density at radius 3 is 1.09 bits per heavy atom. The van der Waals surface area contributed by atoms with Crippen LogP contribution >= 0.6 is 0 Å². The van der Waals surface area contributed by atoms with Gasteiger partial charge in [0.1, 0.15) is 39.9 Å². The molecule has 0 saturated heterocycles. The Labute approximate surface area is 370 Å². The predicted molar refractivity (Wildman–Crippen MR) is 241 cm³/mol. The molecule has 0 amide bonds. The summed E-state index contributed by atoms with van der Waals surface area (Å²) < 4.78 is 93.8. The molecule has 1 aliphatic carbocycles. The quantitative estimate of drug-likeness (QED) is 0.122. The van der Waals surface area contributed by atoms with Crippen LogP contribution in [0.4, 0.5) is 13.2 Å². The SMILES string of the molecule is COc1ccc(C2(c3ccc(Oc4ccc(S(=O)(=O)c5ccc(Oc6ccc(C(C)(c7ccc(OC)cc7)C(F)(F)F)cc6)cc5)cc4)cc3)c3ccccc3-c3ccccc32)cc1. The van der Waals surface area contributed by atoms with E-state index < -0.39 is 26.8 Å². The molecular formula is C54H41F3O6S. The first kappa shape index (κ1) is 42.0. The van der Waals surface area contributed by atoms with Crippen molar-refractivity contribution in [3.05, 3.63) is 228 Å².